The van der Waals surface area contributed by atoms with Crippen molar-refractivity contribution in [3.8, 4) is 5.88 Å². The molecule has 0 aromatic carbocycles. The minimum atomic E-state index is -0.409. The molecule has 4 heterocycles. The van der Waals surface area contributed by atoms with Gasteiger partial charge in [0.15, 0.2) is 11.0 Å². The van der Waals surface area contributed by atoms with Crippen LogP contribution in [0.5, 0.6) is 5.88 Å². The number of aromatic nitrogens is 3. The summed E-state index contributed by atoms with van der Waals surface area (Å²) >= 11 is 6.08. The molecule has 2 aliphatic heterocycles. The number of hydrogen-bond donors (Lipinski definition) is 1. The average Bonchev–Trinajstić information content (AvgIpc) is 3.28. The lowest BCUT2D eigenvalue weighted by molar-refractivity contribution is -0.146. The van der Waals surface area contributed by atoms with Crippen LogP contribution < -0.4 is 20.3 Å². The highest BCUT2D eigenvalue weighted by Crippen LogP contribution is 2.38. The number of nitrogens with zero attached hydrogens (tertiary/aromatic N) is 5. The van der Waals surface area contributed by atoms with E-state index in [0.717, 1.165) is 37.3 Å². The Labute approximate surface area is 256 Å². The maximum absolute atomic E-state index is 10.9. The second kappa shape index (κ2) is 18.0. The van der Waals surface area contributed by atoms with Gasteiger partial charge in [-0.1, -0.05) is 11.6 Å². The molecule has 0 radical (unpaired) electrons. The van der Waals surface area contributed by atoms with Crippen LogP contribution in [0.4, 0.5) is 17.2 Å². The molecule has 0 aliphatic carbocycles. The summed E-state index contributed by atoms with van der Waals surface area (Å²) in [5.41, 5.74) is 8.03. The van der Waals surface area contributed by atoms with E-state index >= 15 is 0 Å². The number of piperazine rings is 1. The fourth-order valence-electron chi connectivity index (χ4n) is 5.08. The summed E-state index contributed by atoms with van der Waals surface area (Å²) in [6, 6.07) is 6.49. The Hall–Kier alpha value is -3.01. The quantitative estimate of drug-likeness (QED) is 0.168. The van der Waals surface area contributed by atoms with Crippen molar-refractivity contribution in [2.45, 2.75) is 24.9 Å². The van der Waals surface area contributed by atoms with Crippen LogP contribution in [0.15, 0.2) is 24.4 Å². The van der Waals surface area contributed by atoms with Crippen molar-refractivity contribution in [1.82, 2.24) is 15.2 Å². The van der Waals surface area contributed by atoms with Crippen LogP contribution in [0, 0.1) is 0 Å². The third kappa shape index (κ3) is 10.6. The number of hydrogen-bond acceptors (Lipinski definition) is 14. The van der Waals surface area contributed by atoms with Gasteiger partial charge in [-0.2, -0.15) is 0 Å². The van der Waals surface area contributed by atoms with Gasteiger partial charge in [0.25, 0.3) is 0 Å². The first-order chi connectivity index (χ1) is 21.0. The summed E-state index contributed by atoms with van der Waals surface area (Å²) in [4.78, 5) is 20.0. The van der Waals surface area contributed by atoms with Gasteiger partial charge in [-0.15, -0.1) is 10.2 Å². The van der Waals surface area contributed by atoms with E-state index in [0.29, 0.717) is 95.0 Å². The second-order valence-corrected chi connectivity index (χ2v) is 10.3. The summed E-state index contributed by atoms with van der Waals surface area (Å²) in [6.07, 6.45) is 3.98. The molecule has 14 nitrogen and oxygen atoms in total. The van der Waals surface area contributed by atoms with Gasteiger partial charge < -0.3 is 48.7 Å². The van der Waals surface area contributed by atoms with E-state index in [-0.39, 0.29) is 6.61 Å². The first-order valence-electron chi connectivity index (χ1n) is 14.4. The molecule has 4 rings (SSSR count). The number of rotatable bonds is 20. The van der Waals surface area contributed by atoms with E-state index in [1.807, 2.05) is 12.1 Å². The number of carbonyl (C=O) groups excluding carboxylic acids is 1. The Kier molecular flexibility index (Phi) is 13.7. The number of nitrogen functional groups attached to an aromatic ring is 1. The average molecular weight is 625 g/mol. The lowest BCUT2D eigenvalue weighted by atomic mass is 10.1. The highest BCUT2D eigenvalue weighted by atomic mass is 35.5. The van der Waals surface area contributed by atoms with Crippen molar-refractivity contribution in [1.29, 1.82) is 0 Å². The van der Waals surface area contributed by atoms with Crippen LogP contribution in [0.25, 0.3) is 0 Å². The number of ether oxygens (including phenoxy) is 7. The monoisotopic (exact) mass is 624 g/mol. The van der Waals surface area contributed by atoms with Crippen LogP contribution in [0.1, 0.15) is 12.8 Å². The van der Waals surface area contributed by atoms with Crippen LogP contribution >= 0.6 is 11.6 Å². The molecule has 0 unspecified atom stereocenters. The zero-order valence-corrected chi connectivity index (χ0v) is 25.3. The van der Waals surface area contributed by atoms with E-state index in [9.17, 15) is 4.79 Å². The molecule has 2 fully saturated rings. The van der Waals surface area contributed by atoms with Gasteiger partial charge in [-0.05, 0) is 18.9 Å². The van der Waals surface area contributed by atoms with Gasteiger partial charge in [-0.25, -0.2) is 9.78 Å². The van der Waals surface area contributed by atoms with Gasteiger partial charge in [0.05, 0.1) is 72.3 Å². The predicted molar refractivity (Wildman–Crippen MR) is 159 cm³/mol. The SMILES string of the molecule is COC(=O)COCCOCCOCCOCCOCCOc1cc(N2[C@@H]3CC[C@H]2CN(c2cc(Cl)nnc2N)C3)ccn1. The summed E-state index contributed by atoms with van der Waals surface area (Å²) < 4.78 is 37.3. The maximum atomic E-state index is 10.9. The molecule has 2 aliphatic rings. The number of halogens is 1. The lowest BCUT2D eigenvalue weighted by Crippen LogP contribution is -2.54. The van der Waals surface area contributed by atoms with Crippen molar-refractivity contribution < 1.29 is 38.0 Å². The minimum Gasteiger partial charge on any atom is -0.475 e. The van der Waals surface area contributed by atoms with Crippen molar-refractivity contribution in [3.05, 3.63) is 29.5 Å². The highest BCUT2D eigenvalue weighted by molar-refractivity contribution is 6.29. The third-order valence-corrected chi connectivity index (χ3v) is 7.21. The molecular formula is C28H41ClN6O8. The summed E-state index contributed by atoms with van der Waals surface area (Å²) in [7, 11) is 1.32. The molecule has 0 amide bonds. The Morgan fingerprint density at radius 2 is 1.47 bits per heavy atom. The van der Waals surface area contributed by atoms with Crippen LogP contribution in [-0.4, -0.2) is 126 Å². The third-order valence-electron chi connectivity index (χ3n) is 7.02. The summed E-state index contributed by atoms with van der Waals surface area (Å²) in [5.74, 6) is 0.562. The second-order valence-electron chi connectivity index (χ2n) is 9.91. The number of nitrogens with two attached hydrogens (primary N) is 1. The lowest BCUT2D eigenvalue weighted by Gasteiger charge is -2.43. The number of pyridine rings is 1. The number of fused-ring (bicyclic) bond motifs is 2. The minimum absolute atomic E-state index is 0.0735. The molecule has 2 saturated heterocycles. The zero-order chi connectivity index (χ0) is 30.3. The van der Waals surface area contributed by atoms with E-state index in [2.05, 4.69) is 29.7 Å². The molecule has 43 heavy (non-hydrogen) atoms. The van der Waals surface area contributed by atoms with Crippen LogP contribution in [0.2, 0.25) is 5.15 Å². The van der Waals surface area contributed by atoms with Gasteiger partial charge in [0, 0.05) is 49.2 Å². The van der Waals surface area contributed by atoms with Gasteiger partial charge in [0.1, 0.15) is 13.2 Å². The van der Waals surface area contributed by atoms with Crippen molar-refractivity contribution >= 4 is 34.8 Å². The largest absolute Gasteiger partial charge is 0.475 e. The fourth-order valence-corrected chi connectivity index (χ4v) is 5.22. The first-order valence-corrected chi connectivity index (χ1v) is 14.8. The van der Waals surface area contributed by atoms with Crippen LogP contribution in [0.3, 0.4) is 0 Å². The molecule has 2 bridgehead atoms. The molecule has 2 atom stereocenters. The molecule has 0 saturated carbocycles. The molecule has 15 heteroatoms. The predicted octanol–water partition coefficient (Wildman–Crippen LogP) is 1.60. The number of methoxy groups -OCH3 is 1. The van der Waals surface area contributed by atoms with Crippen LogP contribution in [-0.2, 0) is 33.2 Å². The Bertz CT molecular complexity index is 1120. The maximum Gasteiger partial charge on any atom is 0.331 e. The topological polar surface area (TPSA) is 153 Å². The normalized spacial score (nSPS) is 17.8. The molecule has 238 valence electrons. The Balaban J connectivity index is 1.03. The smallest absolute Gasteiger partial charge is 0.331 e. The van der Waals surface area contributed by atoms with E-state index < -0.39 is 5.97 Å². The fraction of sp³-hybridized carbons (Fsp3) is 0.643. The summed E-state index contributed by atoms with van der Waals surface area (Å²) in [6.45, 7) is 5.87. The first kappa shape index (κ1) is 32.9. The van der Waals surface area contributed by atoms with Crippen molar-refractivity contribution in [3.63, 3.8) is 0 Å². The Morgan fingerprint density at radius 3 is 2.07 bits per heavy atom. The standard InChI is InChI=1S/C28H41ClN6O8/c1-37-27(36)20-42-13-12-40-9-8-38-6-7-39-10-11-41-14-15-43-26-16-21(4-5-31-26)35-22-2-3-23(35)19-34(18-22)24-17-25(29)32-33-28(24)30/h4-5,16-17,22-23H,2-3,6-15,18-20H2,1H3,(H2,30,33)/t22-,23+. The van der Waals surface area contributed by atoms with Crippen molar-refractivity contribution in [2.75, 3.05) is 108 Å². The Morgan fingerprint density at radius 1 is 0.884 bits per heavy atom. The molecule has 2 N–H and O–H groups in total. The van der Waals surface area contributed by atoms with E-state index in [1.54, 1.807) is 12.3 Å². The number of anilines is 3. The zero-order valence-electron chi connectivity index (χ0n) is 24.5. The molecule has 0 spiro atoms. The number of esters is 1. The van der Waals surface area contributed by atoms with E-state index in [4.69, 9.17) is 45.8 Å². The van der Waals surface area contributed by atoms with Gasteiger partial charge in [-0.3, -0.25) is 0 Å². The number of carbonyl (C=O) groups is 1. The molecule has 2 aromatic heterocycles. The van der Waals surface area contributed by atoms with Gasteiger partial charge in [0.2, 0.25) is 5.88 Å². The summed E-state index contributed by atoms with van der Waals surface area (Å²) in [5, 5.41) is 8.15. The van der Waals surface area contributed by atoms with Crippen molar-refractivity contribution in [2.24, 2.45) is 0 Å². The molecular weight excluding hydrogens is 584 g/mol. The van der Waals surface area contributed by atoms with Gasteiger partial charge >= 0.3 is 5.97 Å². The molecule has 2 aromatic rings. The highest BCUT2D eigenvalue weighted by Gasteiger charge is 2.40. The van der Waals surface area contributed by atoms with E-state index in [1.165, 1.54) is 7.11 Å².